The molecule has 0 saturated carbocycles. The number of amides is 1. The van der Waals surface area contributed by atoms with E-state index < -0.39 is 5.95 Å². The van der Waals surface area contributed by atoms with Gasteiger partial charge in [-0.15, -0.1) is 0 Å². The van der Waals surface area contributed by atoms with E-state index in [9.17, 15) is 9.18 Å². The van der Waals surface area contributed by atoms with E-state index in [1.54, 1.807) is 6.07 Å². The molecular formula is C15H20FN3O. The lowest BCUT2D eigenvalue weighted by atomic mass is 9.91. The summed E-state index contributed by atoms with van der Waals surface area (Å²) in [4.78, 5) is 17.9. The van der Waals surface area contributed by atoms with Crippen LogP contribution in [0.1, 0.15) is 36.0 Å². The lowest BCUT2D eigenvalue weighted by Crippen LogP contribution is -2.43. The Hall–Kier alpha value is -1.49. The van der Waals surface area contributed by atoms with Crippen molar-refractivity contribution in [1.82, 2.24) is 15.2 Å². The molecule has 2 fully saturated rings. The summed E-state index contributed by atoms with van der Waals surface area (Å²) in [6, 6.07) is 4.36. The van der Waals surface area contributed by atoms with Crippen molar-refractivity contribution in [3.8, 4) is 0 Å². The molecule has 1 aromatic heterocycles. The number of rotatable bonds is 3. The molecule has 2 unspecified atom stereocenters. The fourth-order valence-electron chi connectivity index (χ4n) is 3.58. The van der Waals surface area contributed by atoms with Crippen LogP contribution in [0.2, 0.25) is 0 Å². The summed E-state index contributed by atoms with van der Waals surface area (Å²) >= 11 is 0. The second-order valence-corrected chi connectivity index (χ2v) is 5.94. The molecule has 3 rings (SSSR count). The second kappa shape index (κ2) is 5.48. The average Bonchev–Trinajstić information content (AvgIpc) is 2.66. The summed E-state index contributed by atoms with van der Waals surface area (Å²) in [5.41, 5.74) is 0.0309. The number of pyridine rings is 1. The first kappa shape index (κ1) is 13.5. The van der Waals surface area contributed by atoms with Crippen molar-refractivity contribution in [2.24, 2.45) is 5.92 Å². The van der Waals surface area contributed by atoms with Gasteiger partial charge < -0.3 is 10.2 Å². The van der Waals surface area contributed by atoms with E-state index in [2.05, 4.69) is 22.2 Å². The summed E-state index contributed by atoms with van der Waals surface area (Å²) in [5, 5.41) is 2.86. The van der Waals surface area contributed by atoms with E-state index in [-0.39, 0.29) is 11.5 Å². The predicted octanol–water partition coefficient (Wildman–Crippen LogP) is 1.82. The number of piperidine rings is 1. The third-order valence-corrected chi connectivity index (χ3v) is 4.75. The van der Waals surface area contributed by atoms with Crippen LogP contribution >= 0.6 is 0 Å². The van der Waals surface area contributed by atoms with Crippen LogP contribution in [0.5, 0.6) is 0 Å². The Labute approximate surface area is 118 Å². The molecule has 0 spiro atoms. The highest BCUT2D eigenvalue weighted by Gasteiger charge is 2.38. The first-order chi connectivity index (χ1) is 9.65. The van der Waals surface area contributed by atoms with Crippen molar-refractivity contribution in [2.75, 3.05) is 13.6 Å². The molecule has 1 amide bonds. The molecule has 20 heavy (non-hydrogen) atoms. The maximum Gasteiger partial charge on any atom is 0.255 e. The van der Waals surface area contributed by atoms with E-state index in [0.717, 1.165) is 12.8 Å². The molecule has 2 saturated heterocycles. The Balaban J connectivity index is 1.56. The third kappa shape index (κ3) is 2.54. The highest BCUT2D eigenvalue weighted by atomic mass is 19.1. The van der Waals surface area contributed by atoms with E-state index >= 15 is 0 Å². The van der Waals surface area contributed by atoms with E-state index in [4.69, 9.17) is 0 Å². The van der Waals surface area contributed by atoms with Crippen LogP contribution in [0.4, 0.5) is 4.39 Å². The summed E-state index contributed by atoms with van der Waals surface area (Å²) < 4.78 is 13.4. The number of fused-ring (bicyclic) bond motifs is 2. The van der Waals surface area contributed by atoms with Crippen LogP contribution in [0.25, 0.3) is 0 Å². The van der Waals surface area contributed by atoms with Gasteiger partial charge in [-0.05, 0) is 50.8 Å². The van der Waals surface area contributed by atoms with Gasteiger partial charge in [-0.1, -0.05) is 0 Å². The van der Waals surface area contributed by atoms with E-state index in [1.165, 1.54) is 25.1 Å². The van der Waals surface area contributed by atoms with Crippen molar-refractivity contribution in [2.45, 2.75) is 37.8 Å². The molecule has 0 aromatic carbocycles. The van der Waals surface area contributed by atoms with Crippen LogP contribution in [0.15, 0.2) is 18.3 Å². The first-order valence-electron chi connectivity index (χ1n) is 7.26. The standard InChI is InChI=1S/C15H20FN3O/c1-19-11-4-5-12(19)8-10(7-11)9-18-15(20)13-3-2-6-17-14(13)16/h2-3,6,10-12H,4-5,7-9H2,1H3,(H,18,20). The number of aromatic nitrogens is 1. The molecule has 2 atom stereocenters. The molecule has 0 radical (unpaired) electrons. The Bertz CT molecular complexity index is 494. The van der Waals surface area contributed by atoms with Gasteiger partial charge in [0.25, 0.3) is 5.91 Å². The number of hydrogen-bond acceptors (Lipinski definition) is 3. The molecule has 3 heterocycles. The number of nitrogens with zero attached hydrogens (tertiary/aromatic N) is 2. The van der Waals surface area contributed by atoms with Gasteiger partial charge in [0.2, 0.25) is 5.95 Å². The minimum Gasteiger partial charge on any atom is -0.352 e. The van der Waals surface area contributed by atoms with Gasteiger partial charge in [0.1, 0.15) is 0 Å². The minimum absolute atomic E-state index is 0.0309. The second-order valence-electron chi connectivity index (χ2n) is 5.94. The molecule has 5 heteroatoms. The molecule has 1 N–H and O–H groups in total. The van der Waals surface area contributed by atoms with Crippen molar-refractivity contribution in [3.05, 3.63) is 29.8 Å². The third-order valence-electron chi connectivity index (χ3n) is 4.75. The fourth-order valence-corrected chi connectivity index (χ4v) is 3.58. The fraction of sp³-hybridized carbons (Fsp3) is 0.600. The number of halogens is 1. The lowest BCUT2D eigenvalue weighted by molar-refractivity contribution is 0.0912. The molecule has 108 valence electrons. The van der Waals surface area contributed by atoms with Gasteiger partial charge in [-0.3, -0.25) is 4.79 Å². The molecule has 1 aromatic rings. The van der Waals surface area contributed by atoms with Crippen molar-refractivity contribution < 1.29 is 9.18 Å². The summed E-state index contributed by atoms with van der Waals surface area (Å²) in [6.45, 7) is 0.633. The number of carbonyl (C=O) groups is 1. The average molecular weight is 277 g/mol. The lowest BCUT2D eigenvalue weighted by Gasteiger charge is -2.36. The maximum absolute atomic E-state index is 13.4. The highest BCUT2D eigenvalue weighted by molar-refractivity contribution is 5.94. The van der Waals surface area contributed by atoms with Crippen LogP contribution in [0, 0.1) is 11.9 Å². The minimum atomic E-state index is -0.701. The molecule has 4 nitrogen and oxygen atoms in total. The molecule has 2 aliphatic heterocycles. The van der Waals surface area contributed by atoms with Crippen molar-refractivity contribution in [1.29, 1.82) is 0 Å². The molecule has 0 aliphatic carbocycles. The summed E-state index contributed by atoms with van der Waals surface area (Å²) in [5.74, 6) is -0.553. The van der Waals surface area contributed by atoms with E-state index in [1.807, 2.05) is 0 Å². The first-order valence-corrected chi connectivity index (χ1v) is 7.26. The van der Waals surface area contributed by atoms with Gasteiger partial charge in [0.05, 0.1) is 5.56 Å². The summed E-state index contributed by atoms with van der Waals surface area (Å²) in [7, 11) is 2.20. The molecule has 2 bridgehead atoms. The zero-order chi connectivity index (χ0) is 14.1. The van der Waals surface area contributed by atoms with Crippen LogP contribution < -0.4 is 5.32 Å². The van der Waals surface area contributed by atoms with Crippen LogP contribution in [0.3, 0.4) is 0 Å². The zero-order valence-corrected chi connectivity index (χ0v) is 11.7. The number of nitrogens with one attached hydrogen (secondary N) is 1. The molecular weight excluding hydrogens is 257 g/mol. The number of carbonyl (C=O) groups excluding carboxylic acids is 1. The SMILES string of the molecule is CN1C2CCC1CC(CNC(=O)c1cccnc1F)C2. The van der Waals surface area contributed by atoms with Crippen LogP contribution in [-0.4, -0.2) is 41.5 Å². The zero-order valence-electron chi connectivity index (χ0n) is 11.7. The van der Waals surface area contributed by atoms with Gasteiger partial charge in [-0.2, -0.15) is 4.39 Å². The Morgan fingerprint density at radius 2 is 2.15 bits per heavy atom. The normalized spacial score (nSPS) is 29.4. The topological polar surface area (TPSA) is 45.2 Å². The maximum atomic E-state index is 13.4. The summed E-state index contributed by atoms with van der Waals surface area (Å²) in [6.07, 6.45) is 6.14. The smallest absolute Gasteiger partial charge is 0.255 e. The van der Waals surface area contributed by atoms with Gasteiger partial charge in [0, 0.05) is 24.8 Å². The van der Waals surface area contributed by atoms with E-state index in [0.29, 0.717) is 24.5 Å². The van der Waals surface area contributed by atoms with Crippen molar-refractivity contribution in [3.63, 3.8) is 0 Å². The monoisotopic (exact) mass is 277 g/mol. The van der Waals surface area contributed by atoms with Gasteiger partial charge in [-0.25, -0.2) is 4.98 Å². The van der Waals surface area contributed by atoms with Gasteiger partial charge >= 0.3 is 0 Å². The number of hydrogen-bond donors (Lipinski definition) is 1. The Morgan fingerprint density at radius 1 is 1.45 bits per heavy atom. The largest absolute Gasteiger partial charge is 0.352 e. The Morgan fingerprint density at radius 3 is 2.80 bits per heavy atom. The predicted molar refractivity (Wildman–Crippen MR) is 73.8 cm³/mol. The molecule has 2 aliphatic rings. The van der Waals surface area contributed by atoms with Crippen LogP contribution in [-0.2, 0) is 0 Å². The van der Waals surface area contributed by atoms with Gasteiger partial charge in [0.15, 0.2) is 0 Å². The highest BCUT2D eigenvalue weighted by Crippen LogP contribution is 2.36. The van der Waals surface area contributed by atoms with Crippen molar-refractivity contribution >= 4 is 5.91 Å². The quantitative estimate of drug-likeness (QED) is 0.857. The Kier molecular flexibility index (Phi) is 3.70.